The van der Waals surface area contributed by atoms with E-state index < -0.39 is 6.85 Å². The van der Waals surface area contributed by atoms with Crippen molar-refractivity contribution >= 4 is 0 Å². The van der Waals surface area contributed by atoms with Gasteiger partial charge in [0.2, 0.25) is 5.69 Å². The van der Waals surface area contributed by atoms with E-state index in [0.717, 1.165) is 22.5 Å². The highest BCUT2D eigenvalue weighted by molar-refractivity contribution is 5.62. The van der Waals surface area contributed by atoms with Gasteiger partial charge in [0.1, 0.15) is 7.05 Å². The average Bonchev–Trinajstić information content (AvgIpc) is 2.34. The van der Waals surface area contributed by atoms with E-state index in [9.17, 15) is 0 Å². The normalized spacial score (nSPS) is 14.0. The highest BCUT2D eigenvalue weighted by atomic mass is 14.9. The minimum atomic E-state index is -2.08. The van der Waals surface area contributed by atoms with Gasteiger partial charge < -0.3 is 0 Å². The first kappa shape index (κ1) is 8.46. The molecule has 0 fully saturated rings. The second-order valence-electron chi connectivity index (χ2n) is 4.65. The fraction of sp³-hybridized carbons (Fsp3) is 0.312. The van der Waals surface area contributed by atoms with Crippen molar-refractivity contribution in [1.82, 2.24) is 0 Å². The number of benzene rings is 1. The molecule has 0 bridgehead atoms. The van der Waals surface area contributed by atoms with Crippen LogP contribution >= 0.6 is 0 Å². The Morgan fingerprint density at radius 1 is 1.00 bits per heavy atom. The van der Waals surface area contributed by atoms with Crippen molar-refractivity contribution in [2.24, 2.45) is 7.05 Å². The molecule has 0 aliphatic carbocycles. The third kappa shape index (κ3) is 2.23. The third-order valence-electron chi connectivity index (χ3n) is 3.22. The van der Waals surface area contributed by atoms with E-state index in [0.29, 0.717) is 5.56 Å². The first-order chi connectivity index (χ1) is 9.20. The van der Waals surface area contributed by atoms with Crippen LogP contribution in [0.3, 0.4) is 0 Å². The largest absolute Gasteiger partial charge is 0.212 e. The Bertz CT molecular complexity index is 658. The molecular formula is C16H20N+. The average molecular weight is 229 g/mol. The van der Waals surface area contributed by atoms with Crippen molar-refractivity contribution in [2.45, 2.75) is 27.6 Å². The van der Waals surface area contributed by atoms with Gasteiger partial charge in [0, 0.05) is 28.7 Å². The molecule has 0 N–H and O–H groups in total. The zero-order valence-corrected chi connectivity index (χ0v) is 10.8. The maximum atomic E-state index is 7.62. The molecule has 0 radical (unpaired) electrons. The number of aromatic nitrogens is 1. The maximum Gasteiger partial charge on any atom is 0.212 e. The molecule has 0 atom stereocenters. The van der Waals surface area contributed by atoms with Crippen LogP contribution in [-0.4, -0.2) is 0 Å². The zero-order valence-electron chi connectivity index (χ0n) is 13.8. The fourth-order valence-electron chi connectivity index (χ4n) is 2.07. The number of nitrogens with zero attached hydrogens (tertiary/aromatic N) is 1. The smallest absolute Gasteiger partial charge is 0.199 e. The predicted octanol–water partition coefficient (Wildman–Crippen LogP) is 3.41. The van der Waals surface area contributed by atoms with Crippen molar-refractivity contribution in [1.29, 1.82) is 0 Å². The minimum absolute atomic E-state index is 0.393. The van der Waals surface area contributed by atoms with Gasteiger partial charge in [0.05, 0.1) is 0 Å². The maximum absolute atomic E-state index is 7.62. The SMILES string of the molecule is [2H]C([2H])([2H])c1cc(C)[n+](C)c(-c2cc(C)ccc2C)c1. The van der Waals surface area contributed by atoms with E-state index in [2.05, 4.69) is 18.2 Å². The number of pyridine rings is 1. The summed E-state index contributed by atoms with van der Waals surface area (Å²) < 4.78 is 24.9. The van der Waals surface area contributed by atoms with Gasteiger partial charge in [-0.25, -0.2) is 0 Å². The molecule has 0 unspecified atom stereocenters. The predicted molar refractivity (Wildman–Crippen MR) is 72.0 cm³/mol. The fourth-order valence-corrected chi connectivity index (χ4v) is 2.07. The van der Waals surface area contributed by atoms with Crippen LogP contribution in [0.15, 0.2) is 30.3 Å². The summed E-state index contributed by atoms with van der Waals surface area (Å²) in [4.78, 5) is 0. The number of hydrogen-bond donors (Lipinski definition) is 0. The summed E-state index contributed by atoms with van der Waals surface area (Å²) in [6.45, 7) is 3.95. The van der Waals surface area contributed by atoms with Gasteiger partial charge in [-0.3, -0.25) is 0 Å². The summed E-state index contributed by atoms with van der Waals surface area (Å²) in [5.74, 6) is 0. The molecule has 1 heteroatoms. The summed E-state index contributed by atoms with van der Waals surface area (Å²) in [6, 6.07) is 9.76. The molecule has 88 valence electrons. The summed E-state index contributed by atoms with van der Waals surface area (Å²) in [6.07, 6.45) is 0. The third-order valence-corrected chi connectivity index (χ3v) is 3.22. The van der Waals surface area contributed by atoms with Crippen LogP contribution in [0, 0.1) is 27.6 Å². The Hall–Kier alpha value is -1.63. The Labute approximate surface area is 108 Å². The van der Waals surface area contributed by atoms with Crippen LogP contribution in [0.1, 0.15) is 26.5 Å². The second kappa shape index (κ2) is 4.33. The van der Waals surface area contributed by atoms with E-state index in [1.807, 2.05) is 32.4 Å². The lowest BCUT2D eigenvalue weighted by Gasteiger charge is -2.08. The molecule has 0 aliphatic heterocycles. The van der Waals surface area contributed by atoms with Crippen molar-refractivity contribution in [3.05, 3.63) is 52.7 Å². The Morgan fingerprint density at radius 3 is 2.47 bits per heavy atom. The van der Waals surface area contributed by atoms with Crippen LogP contribution in [0.25, 0.3) is 11.3 Å². The van der Waals surface area contributed by atoms with Gasteiger partial charge in [-0.05, 0) is 37.9 Å². The molecule has 1 nitrogen and oxygen atoms in total. The van der Waals surface area contributed by atoms with E-state index in [1.54, 1.807) is 12.1 Å². The Kier molecular flexibility index (Phi) is 2.15. The van der Waals surface area contributed by atoms with Gasteiger partial charge in [0.25, 0.3) is 0 Å². The van der Waals surface area contributed by atoms with Gasteiger partial charge in [-0.2, -0.15) is 4.57 Å². The molecule has 1 heterocycles. The topological polar surface area (TPSA) is 3.88 Å². The second-order valence-corrected chi connectivity index (χ2v) is 4.65. The lowest BCUT2D eigenvalue weighted by atomic mass is 10.0. The van der Waals surface area contributed by atoms with Crippen molar-refractivity contribution in [2.75, 3.05) is 0 Å². The summed E-state index contributed by atoms with van der Waals surface area (Å²) in [5, 5.41) is 0. The van der Waals surface area contributed by atoms with Crippen LogP contribution in [0.5, 0.6) is 0 Å². The highest BCUT2D eigenvalue weighted by Crippen LogP contribution is 2.22. The van der Waals surface area contributed by atoms with E-state index >= 15 is 0 Å². The molecule has 0 spiro atoms. The zero-order chi connectivity index (χ0) is 15.1. The van der Waals surface area contributed by atoms with Crippen LogP contribution in [0.2, 0.25) is 0 Å². The summed E-state index contributed by atoms with van der Waals surface area (Å²) >= 11 is 0. The van der Waals surface area contributed by atoms with E-state index in [1.165, 1.54) is 5.56 Å². The first-order valence-corrected chi connectivity index (χ1v) is 5.79. The highest BCUT2D eigenvalue weighted by Gasteiger charge is 2.15. The molecular weight excluding hydrogens is 206 g/mol. The molecule has 17 heavy (non-hydrogen) atoms. The van der Waals surface area contributed by atoms with Crippen molar-refractivity contribution in [3.8, 4) is 11.3 Å². The van der Waals surface area contributed by atoms with Gasteiger partial charge >= 0.3 is 0 Å². The molecule has 0 saturated heterocycles. The Morgan fingerprint density at radius 2 is 1.76 bits per heavy atom. The van der Waals surface area contributed by atoms with Gasteiger partial charge in [-0.1, -0.05) is 17.7 Å². The van der Waals surface area contributed by atoms with Crippen LogP contribution in [-0.2, 0) is 7.05 Å². The van der Waals surface area contributed by atoms with Crippen molar-refractivity contribution in [3.63, 3.8) is 0 Å². The lowest BCUT2D eigenvalue weighted by molar-refractivity contribution is -0.666. The van der Waals surface area contributed by atoms with Crippen LogP contribution in [0.4, 0.5) is 0 Å². The molecule has 0 amide bonds. The first-order valence-electron chi connectivity index (χ1n) is 7.29. The molecule has 0 saturated carbocycles. The minimum Gasteiger partial charge on any atom is -0.199 e. The van der Waals surface area contributed by atoms with Gasteiger partial charge in [0.15, 0.2) is 5.69 Å². The number of hydrogen-bond acceptors (Lipinski definition) is 0. The summed E-state index contributed by atoms with van der Waals surface area (Å²) in [7, 11) is 1.97. The van der Waals surface area contributed by atoms with Crippen molar-refractivity contribution < 1.29 is 8.68 Å². The number of rotatable bonds is 1. The Balaban J connectivity index is 2.73. The monoisotopic (exact) mass is 229 g/mol. The molecule has 1 aromatic carbocycles. The standard InChI is InChI=1S/C16H20N/c1-11-6-7-13(3)15(9-11)16-10-12(2)8-14(4)17(16)5/h6-10H,1-5H3/q+1/i2D3. The molecule has 1 aromatic heterocycles. The van der Waals surface area contributed by atoms with E-state index in [-0.39, 0.29) is 0 Å². The summed E-state index contributed by atoms with van der Waals surface area (Å²) in [5.41, 5.74) is 5.67. The van der Waals surface area contributed by atoms with Gasteiger partial charge in [-0.15, -0.1) is 0 Å². The molecule has 2 rings (SSSR count). The lowest BCUT2D eigenvalue weighted by Crippen LogP contribution is -2.35. The molecule has 2 aromatic rings. The van der Waals surface area contributed by atoms with Crippen LogP contribution < -0.4 is 4.57 Å². The number of aryl methyl sites for hydroxylation is 4. The quantitative estimate of drug-likeness (QED) is 0.660. The molecule has 0 aliphatic rings. The van der Waals surface area contributed by atoms with E-state index in [4.69, 9.17) is 4.11 Å².